The first-order chi connectivity index (χ1) is 7.86. The summed E-state index contributed by atoms with van der Waals surface area (Å²) in [7, 11) is 0. The first kappa shape index (κ1) is 10.9. The lowest BCUT2D eigenvalue weighted by Crippen LogP contribution is -2.40. The van der Waals surface area contributed by atoms with Gasteiger partial charge in [0.15, 0.2) is 0 Å². The molecule has 0 amide bonds. The van der Waals surface area contributed by atoms with Crippen molar-refractivity contribution in [2.45, 2.75) is 6.54 Å². The van der Waals surface area contributed by atoms with Crippen molar-refractivity contribution < 1.29 is 0 Å². The number of aromatic nitrogens is 2. The number of rotatable bonds is 3. The van der Waals surface area contributed by atoms with Gasteiger partial charge in [0.2, 0.25) is 0 Å². The molecule has 5 nitrogen and oxygen atoms in total. The van der Waals surface area contributed by atoms with Crippen molar-refractivity contribution in [3.63, 3.8) is 0 Å². The molecule has 0 aromatic carbocycles. The van der Waals surface area contributed by atoms with Crippen LogP contribution in [0.15, 0.2) is 35.4 Å². The van der Waals surface area contributed by atoms with Gasteiger partial charge in [-0.1, -0.05) is 0 Å². The minimum Gasteiger partial charge on any atom is -0.375 e. The number of piperazine rings is 1. The third-order valence-electron chi connectivity index (χ3n) is 2.53. The van der Waals surface area contributed by atoms with E-state index in [0.717, 1.165) is 26.2 Å². The Morgan fingerprint density at radius 1 is 1.44 bits per heavy atom. The zero-order valence-corrected chi connectivity index (χ0v) is 9.17. The molecular formula is C11H16N4O. The Hall–Kier alpha value is -1.62. The van der Waals surface area contributed by atoms with Gasteiger partial charge in [-0.15, -0.1) is 0 Å². The summed E-state index contributed by atoms with van der Waals surface area (Å²) in [6, 6.07) is 3.17. The number of hydrogen-bond donors (Lipinski definition) is 1. The van der Waals surface area contributed by atoms with Crippen LogP contribution in [0.5, 0.6) is 0 Å². The zero-order chi connectivity index (χ0) is 11.2. The molecule has 0 aliphatic carbocycles. The highest BCUT2D eigenvalue weighted by molar-refractivity contribution is 4.89. The van der Waals surface area contributed by atoms with Crippen molar-refractivity contribution in [3.8, 4) is 0 Å². The van der Waals surface area contributed by atoms with Crippen LogP contribution in [0.1, 0.15) is 0 Å². The molecule has 0 bridgehead atoms. The lowest BCUT2D eigenvalue weighted by Gasteiger charge is -2.25. The normalized spacial score (nSPS) is 16.9. The Bertz CT molecular complexity index is 406. The van der Waals surface area contributed by atoms with Crippen LogP contribution in [-0.2, 0) is 6.54 Å². The summed E-state index contributed by atoms with van der Waals surface area (Å²) in [4.78, 5) is 13.6. The first-order valence-corrected chi connectivity index (χ1v) is 5.50. The van der Waals surface area contributed by atoms with E-state index >= 15 is 0 Å². The van der Waals surface area contributed by atoms with E-state index in [1.54, 1.807) is 12.3 Å². The zero-order valence-electron chi connectivity index (χ0n) is 9.17. The van der Waals surface area contributed by atoms with Gasteiger partial charge in [0, 0.05) is 38.4 Å². The second-order valence-corrected chi connectivity index (χ2v) is 3.71. The molecule has 0 radical (unpaired) electrons. The van der Waals surface area contributed by atoms with E-state index in [2.05, 4.69) is 15.3 Å². The Balaban J connectivity index is 1.89. The highest BCUT2D eigenvalue weighted by atomic mass is 16.1. The average molecular weight is 220 g/mol. The number of hydrogen-bond acceptors (Lipinski definition) is 4. The molecule has 0 atom stereocenters. The number of nitrogens with one attached hydrogen (secondary N) is 1. The quantitative estimate of drug-likeness (QED) is 0.757. The van der Waals surface area contributed by atoms with Crippen molar-refractivity contribution >= 4 is 0 Å². The smallest absolute Gasteiger partial charge is 0.267 e. The standard InChI is InChI=1S/C11H16N4O/c16-11-3-1-4-13-15(11)8-2-7-14-9-5-12-6-10-14/h1-4,7,12H,5-6,8-10H2. The highest BCUT2D eigenvalue weighted by Gasteiger charge is 2.03. The monoisotopic (exact) mass is 220 g/mol. The molecule has 1 N–H and O–H groups in total. The minimum atomic E-state index is -0.0625. The van der Waals surface area contributed by atoms with Gasteiger partial charge in [0.05, 0.1) is 6.54 Å². The summed E-state index contributed by atoms with van der Waals surface area (Å²) in [6.07, 6.45) is 5.64. The largest absolute Gasteiger partial charge is 0.375 e. The third-order valence-corrected chi connectivity index (χ3v) is 2.53. The molecule has 1 aliphatic rings. The topological polar surface area (TPSA) is 50.2 Å². The van der Waals surface area contributed by atoms with Crippen LogP contribution in [0, 0.1) is 0 Å². The fraction of sp³-hybridized carbons (Fsp3) is 0.455. The van der Waals surface area contributed by atoms with E-state index in [0.29, 0.717) is 6.54 Å². The van der Waals surface area contributed by atoms with Gasteiger partial charge in [-0.25, -0.2) is 4.68 Å². The second kappa shape index (κ2) is 5.46. The van der Waals surface area contributed by atoms with Crippen LogP contribution in [0.2, 0.25) is 0 Å². The maximum absolute atomic E-state index is 11.3. The second-order valence-electron chi connectivity index (χ2n) is 3.71. The Morgan fingerprint density at radius 3 is 3.00 bits per heavy atom. The molecule has 1 aromatic heterocycles. The average Bonchev–Trinajstić information content (AvgIpc) is 2.33. The van der Waals surface area contributed by atoms with E-state index in [1.807, 2.05) is 12.3 Å². The van der Waals surface area contributed by atoms with Crippen molar-refractivity contribution in [3.05, 3.63) is 41.0 Å². The molecule has 5 heteroatoms. The lowest BCUT2D eigenvalue weighted by atomic mass is 10.4. The summed E-state index contributed by atoms with van der Waals surface area (Å²) in [5.74, 6) is 0. The molecule has 2 heterocycles. The lowest BCUT2D eigenvalue weighted by molar-refractivity contribution is 0.323. The van der Waals surface area contributed by atoms with Gasteiger partial charge in [0.25, 0.3) is 5.56 Å². The Morgan fingerprint density at radius 2 is 2.25 bits per heavy atom. The summed E-state index contributed by atoms with van der Waals surface area (Å²) >= 11 is 0. The van der Waals surface area contributed by atoms with Gasteiger partial charge in [0.1, 0.15) is 0 Å². The van der Waals surface area contributed by atoms with E-state index in [1.165, 1.54) is 10.7 Å². The number of allylic oxidation sites excluding steroid dienone is 1. The molecule has 2 rings (SSSR count). The van der Waals surface area contributed by atoms with E-state index in [9.17, 15) is 4.79 Å². The summed E-state index contributed by atoms with van der Waals surface area (Å²) in [6.45, 7) is 4.62. The van der Waals surface area contributed by atoms with Gasteiger partial charge in [-0.05, 0) is 18.3 Å². The van der Waals surface area contributed by atoms with Crippen molar-refractivity contribution in [1.29, 1.82) is 0 Å². The third kappa shape index (κ3) is 2.93. The molecule has 0 unspecified atom stereocenters. The van der Waals surface area contributed by atoms with Crippen LogP contribution >= 0.6 is 0 Å². The molecule has 1 fully saturated rings. The van der Waals surface area contributed by atoms with E-state index < -0.39 is 0 Å². The molecule has 1 aromatic rings. The van der Waals surface area contributed by atoms with Crippen molar-refractivity contribution in [1.82, 2.24) is 20.0 Å². The fourth-order valence-electron chi connectivity index (χ4n) is 1.65. The van der Waals surface area contributed by atoms with Gasteiger partial charge in [-0.2, -0.15) is 5.10 Å². The molecule has 1 aliphatic heterocycles. The van der Waals surface area contributed by atoms with Gasteiger partial charge < -0.3 is 10.2 Å². The fourth-order valence-corrected chi connectivity index (χ4v) is 1.65. The van der Waals surface area contributed by atoms with Crippen LogP contribution in [-0.4, -0.2) is 40.9 Å². The van der Waals surface area contributed by atoms with E-state index in [-0.39, 0.29) is 5.56 Å². The maximum atomic E-state index is 11.3. The van der Waals surface area contributed by atoms with Gasteiger partial charge in [-0.3, -0.25) is 4.79 Å². The minimum absolute atomic E-state index is 0.0625. The summed E-state index contributed by atoms with van der Waals surface area (Å²) in [5.41, 5.74) is -0.0625. The molecule has 0 saturated carbocycles. The molecule has 16 heavy (non-hydrogen) atoms. The summed E-state index contributed by atoms with van der Waals surface area (Å²) < 4.78 is 1.44. The Labute approximate surface area is 94.4 Å². The predicted octanol–water partition coefficient (Wildman–Crippen LogP) is -0.338. The van der Waals surface area contributed by atoms with Crippen LogP contribution in [0.25, 0.3) is 0 Å². The summed E-state index contributed by atoms with van der Waals surface area (Å²) in [5, 5.41) is 7.27. The SMILES string of the molecule is O=c1cccnn1CC=CN1CCNCC1. The van der Waals surface area contributed by atoms with Crippen LogP contribution < -0.4 is 10.9 Å². The molecular weight excluding hydrogens is 204 g/mol. The van der Waals surface area contributed by atoms with E-state index in [4.69, 9.17) is 0 Å². The van der Waals surface area contributed by atoms with Crippen molar-refractivity contribution in [2.75, 3.05) is 26.2 Å². The predicted molar refractivity (Wildman–Crippen MR) is 62.1 cm³/mol. The first-order valence-electron chi connectivity index (χ1n) is 5.50. The molecule has 86 valence electrons. The molecule has 0 spiro atoms. The van der Waals surface area contributed by atoms with Crippen LogP contribution in [0.4, 0.5) is 0 Å². The number of nitrogens with zero attached hydrogens (tertiary/aromatic N) is 3. The highest BCUT2D eigenvalue weighted by Crippen LogP contribution is 1.93. The molecule has 1 saturated heterocycles. The van der Waals surface area contributed by atoms with Gasteiger partial charge >= 0.3 is 0 Å². The Kier molecular flexibility index (Phi) is 3.71. The maximum Gasteiger partial charge on any atom is 0.267 e. The van der Waals surface area contributed by atoms with Crippen molar-refractivity contribution in [2.24, 2.45) is 0 Å². The van der Waals surface area contributed by atoms with Crippen LogP contribution in [0.3, 0.4) is 0 Å².